The van der Waals surface area contributed by atoms with E-state index < -0.39 is 18.4 Å². The third-order valence-corrected chi connectivity index (χ3v) is 5.93. The van der Waals surface area contributed by atoms with Crippen LogP contribution in [-0.2, 0) is 4.79 Å². The average Bonchev–Trinajstić information content (AvgIpc) is 3.26. The minimum atomic E-state index is -1.12. The number of benzene rings is 4. The number of aromatic hydroxyl groups is 1. The number of aromatic amines is 1. The van der Waals surface area contributed by atoms with Gasteiger partial charge in [-0.25, -0.2) is 4.99 Å². The number of rotatable bonds is 7. The Hall–Kier alpha value is -5.17. The highest BCUT2D eigenvalue weighted by atomic mass is 16.4. The van der Waals surface area contributed by atoms with Gasteiger partial charge in [-0.05, 0) is 42.5 Å². The van der Waals surface area contributed by atoms with Crippen molar-refractivity contribution >= 4 is 39.9 Å². The summed E-state index contributed by atoms with van der Waals surface area (Å²) < 4.78 is 0. The topological polar surface area (TPSA) is 106 Å². The van der Waals surface area contributed by atoms with Crippen molar-refractivity contribution in [2.75, 3.05) is 11.4 Å². The van der Waals surface area contributed by atoms with Gasteiger partial charge >= 0.3 is 5.97 Å². The minimum absolute atomic E-state index is 0.0153. The summed E-state index contributed by atoms with van der Waals surface area (Å²) in [7, 11) is 0. The van der Waals surface area contributed by atoms with Crippen LogP contribution in [0.1, 0.15) is 21.5 Å². The standard InChI is InChI=1S/C30H23N3O4/c34-26(35)19-33(30(37)21-11-5-2-6-12-21)23-17-15-22(16-18-23)31-28(20-9-3-1-4-10-20)27-24-13-7-8-14-25(24)32-29(27)36/h1-18,32,36H,19H2,(H,34,35). The number of nitrogens with zero attached hydrogens (tertiary/aromatic N) is 2. The van der Waals surface area contributed by atoms with E-state index in [-0.39, 0.29) is 5.88 Å². The predicted molar refractivity (Wildman–Crippen MR) is 144 cm³/mol. The Labute approximate surface area is 213 Å². The smallest absolute Gasteiger partial charge is 0.323 e. The van der Waals surface area contributed by atoms with Gasteiger partial charge < -0.3 is 15.2 Å². The normalized spacial score (nSPS) is 11.4. The number of para-hydroxylation sites is 1. The second-order valence-corrected chi connectivity index (χ2v) is 8.39. The summed E-state index contributed by atoms with van der Waals surface area (Å²) >= 11 is 0. The van der Waals surface area contributed by atoms with E-state index in [0.717, 1.165) is 16.5 Å². The van der Waals surface area contributed by atoms with E-state index in [9.17, 15) is 19.8 Å². The molecular weight excluding hydrogens is 466 g/mol. The average molecular weight is 490 g/mol. The van der Waals surface area contributed by atoms with Crippen LogP contribution in [-0.4, -0.2) is 39.3 Å². The number of amides is 1. The van der Waals surface area contributed by atoms with Crippen molar-refractivity contribution in [1.82, 2.24) is 4.98 Å². The first-order valence-electron chi connectivity index (χ1n) is 11.6. The molecule has 0 aliphatic carbocycles. The number of carboxylic acid groups (broad SMARTS) is 1. The molecular formula is C30H23N3O4. The van der Waals surface area contributed by atoms with E-state index in [1.807, 2.05) is 54.6 Å². The van der Waals surface area contributed by atoms with Gasteiger partial charge in [-0.15, -0.1) is 0 Å². The van der Waals surface area contributed by atoms with Crippen LogP contribution in [0.5, 0.6) is 5.88 Å². The SMILES string of the molecule is O=C(O)CN(C(=O)c1ccccc1)c1ccc(N=C(c2ccccc2)c2c(O)[nH]c3ccccc23)cc1. The van der Waals surface area contributed by atoms with Crippen LogP contribution in [0.25, 0.3) is 10.9 Å². The largest absolute Gasteiger partial charge is 0.494 e. The number of aliphatic carboxylic acids is 1. The predicted octanol–water partition coefficient (Wildman–Crippen LogP) is 5.77. The number of carboxylic acids is 1. The van der Waals surface area contributed by atoms with Crippen LogP contribution in [0.3, 0.4) is 0 Å². The van der Waals surface area contributed by atoms with Gasteiger partial charge in [0, 0.05) is 27.7 Å². The summed E-state index contributed by atoms with van der Waals surface area (Å²) in [5.74, 6) is -1.51. The second-order valence-electron chi connectivity index (χ2n) is 8.39. The third-order valence-electron chi connectivity index (χ3n) is 5.93. The summed E-state index contributed by atoms with van der Waals surface area (Å²) in [4.78, 5) is 33.7. The van der Waals surface area contributed by atoms with E-state index in [0.29, 0.717) is 28.2 Å². The van der Waals surface area contributed by atoms with E-state index in [4.69, 9.17) is 4.99 Å². The molecule has 0 spiro atoms. The number of hydrogen-bond donors (Lipinski definition) is 3. The molecule has 4 aromatic carbocycles. The van der Waals surface area contributed by atoms with Gasteiger partial charge in [0.1, 0.15) is 6.54 Å². The molecule has 0 saturated heterocycles. The van der Waals surface area contributed by atoms with Gasteiger partial charge in [0.05, 0.1) is 17.0 Å². The lowest BCUT2D eigenvalue weighted by molar-refractivity contribution is -0.135. The number of aromatic nitrogens is 1. The molecule has 0 atom stereocenters. The lowest BCUT2D eigenvalue weighted by atomic mass is 10.0. The molecule has 0 radical (unpaired) electrons. The number of carbonyl (C=O) groups excluding carboxylic acids is 1. The van der Waals surface area contributed by atoms with Crippen molar-refractivity contribution in [3.05, 3.63) is 126 Å². The van der Waals surface area contributed by atoms with Crippen molar-refractivity contribution in [3.8, 4) is 5.88 Å². The number of anilines is 1. The highest BCUT2D eigenvalue weighted by Crippen LogP contribution is 2.32. The summed E-state index contributed by atoms with van der Waals surface area (Å²) in [5.41, 5.74) is 4.17. The summed E-state index contributed by atoms with van der Waals surface area (Å²) in [6, 6.07) is 32.5. The second kappa shape index (κ2) is 10.2. The molecule has 0 fully saturated rings. The molecule has 182 valence electrons. The summed E-state index contributed by atoms with van der Waals surface area (Å²) in [6.07, 6.45) is 0. The molecule has 3 N–H and O–H groups in total. The number of H-pyrrole nitrogens is 1. The van der Waals surface area contributed by atoms with Gasteiger partial charge in [-0.3, -0.25) is 14.5 Å². The number of hydrogen-bond acceptors (Lipinski definition) is 4. The van der Waals surface area contributed by atoms with E-state index >= 15 is 0 Å². The zero-order valence-corrected chi connectivity index (χ0v) is 19.7. The van der Waals surface area contributed by atoms with Gasteiger partial charge in [0.25, 0.3) is 5.91 Å². The fraction of sp³-hybridized carbons (Fsp3) is 0.0333. The molecule has 0 bridgehead atoms. The summed E-state index contributed by atoms with van der Waals surface area (Å²) in [6.45, 7) is -0.477. The lowest BCUT2D eigenvalue weighted by Gasteiger charge is -2.21. The maximum atomic E-state index is 13.0. The zero-order valence-electron chi connectivity index (χ0n) is 19.7. The number of aliphatic imine (C=N–C) groups is 1. The first-order chi connectivity index (χ1) is 18.0. The molecule has 7 heteroatoms. The highest BCUT2D eigenvalue weighted by Gasteiger charge is 2.21. The van der Waals surface area contributed by atoms with Gasteiger partial charge in [-0.1, -0.05) is 66.7 Å². The van der Waals surface area contributed by atoms with Crippen LogP contribution in [0.15, 0.2) is 114 Å². The molecule has 0 saturated carbocycles. The quantitative estimate of drug-likeness (QED) is 0.252. The molecule has 7 nitrogen and oxygen atoms in total. The van der Waals surface area contributed by atoms with Crippen molar-refractivity contribution < 1.29 is 19.8 Å². The molecule has 37 heavy (non-hydrogen) atoms. The fourth-order valence-electron chi connectivity index (χ4n) is 4.22. The Morgan fingerprint density at radius 1 is 0.757 bits per heavy atom. The minimum Gasteiger partial charge on any atom is -0.494 e. The summed E-state index contributed by atoms with van der Waals surface area (Å²) in [5, 5.41) is 21.0. The van der Waals surface area contributed by atoms with Crippen molar-refractivity contribution in [2.24, 2.45) is 4.99 Å². The molecule has 1 aromatic heterocycles. The molecule has 0 aliphatic rings. The van der Waals surface area contributed by atoms with Crippen LogP contribution in [0.4, 0.5) is 11.4 Å². The van der Waals surface area contributed by atoms with Crippen LogP contribution in [0.2, 0.25) is 0 Å². The number of nitrogens with one attached hydrogen (secondary N) is 1. The first kappa shape index (κ1) is 23.6. The van der Waals surface area contributed by atoms with E-state index in [1.54, 1.807) is 54.6 Å². The van der Waals surface area contributed by atoms with Crippen LogP contribution >= 0.6 is 0 Å². The molecule has 5 rings (SSSR count). The molecule has 5 aromatic rings. The van der Waals surface area contributed by atoms with Crippen molar-refractivity contribution in [3.63, 3.8) is 0 Å². The van der Waals surface area contributed by atoms with E-state index in [2.05, 4.69) is 4.98 Å². The Bertz CT molecular complexity index is 1590. The Morgan fingerprint density at radius 2 is 1.35 bits per heavy atom. The van der Waals surface area contributed by atoms with Crippen molar-refractivity contribution in [2.45, 2.75) is 0 Å². The number of fused-ring (bicyclic) bond motifs is 1. The Morgan fingerprint density at radius 3 is 2.00 bits per heavy atom. The van der Waals surface area contributed by atoms with Crippen LogP contribution in [0, 0.1) is 0 Å². The van der Waals surface area contributed by atoms with Crippen LogP contribution < -0.4 is 4.90 Å². The lowest BCUT2D eigenvalue weighted by Crippen LogP contribution is -2.35. The fourth-order valence-corrected chi connectivity index (χ4v) is 4.22. The molecule has 1 heterocycles. The zero-order chi connectivity index (χ0) is 25.8. The Balaban J connectivity index is 1.56. The molecule has 0 aliphatic heterocycles. The monoisotopic (exact) mass is 489 g/mol. The molecule has 0 unspecified atom stereocenters. The maximum absolute atomic E-state index is 13.0. The highest BCUT2D eigenvalue weighted by molar-refractivity contribution is 6.21. The van der Waals surface area contributed by atoms with Gasteiger partial charge in [-0.2, -0.15) is 0 Å². The third kappa shape index (κ3) is 4.97. The van der Waals surface area contributed by atoms with Gasteiger partial charge in [0.15, 0.2) is 5.88 Å². The van der Waals surface area contributed by atoms with E-state index in [1.165, 1.54) is 4.90 Å². The van der Waals surface area contributed by atoms with Crippen molar-refractivity contribution in [1.29, 1.82) is 0 Å². The molecule has 1 amide bonds. The maximum Gasteiger partial charge on any atom is 0.323 e. The van der Waals surface area contributed by atoms with Gasteiger partial charge in [0.2, 0.25) is 0 Å². The number of carbonyl (C=O) groups is 2. The first-order valence-corrected chi connectivity index (χ1v) is 11.6. The Kier molecular flexibility index (Phi) is 6.50.